The van der Waals surface area contributed by atoms with Gasteiger partial charge in [-0.3, -0.25) is 0 Å². The quantitative estimate of drug-likeness (QED) is 0.373. The molecule has 3 heteroatoms. The van der Waals surface area contributed by atoms with Crippen molar-refractivity contribution in [2.75, 3.05) is 0 Å². The van der Waals surface area contributed by atoms with Gasteiger partial charge in [0.2, 0.25) is 0 Å². The molecule has 0 amide bonds. The Labute approximate surface area is 67.7 Å². The van der Waals surface area contributed by atoms with Crippen LogP contribution in [0.3, 0.4) is 0 Å². The van der Waals surface area contributed by atoms with Gasteiger partial charge in [0.25, 0.3) is 0 Å². The summed E-state index contributed by atoms with van der Waals surface area (Å²) in [6.45, 7) is 5.51. The zero-order chi connectivity index (χ0) is 8.91. The molecule has 0 aliphatic heterocycles. The molecule has 0 spiro atoms. The molecule has 0 saturated carbocycles. The van der Waals surface area contributed by atoms with E-state index in [0.29, 0.717) is 18.6 Å². The van der Waals surface area contributed by atoms with E-state index in [1.165, 1.54) is 0 Å². The van der Waals surface area contributed by atoms with E-state index in [4.69, 9.17) is 5.21 Å². The molecule has 1 atom stereocenters. The second-order valence-corrected chi connectivity index (χ2v) is 2.82. The monoisotopic (exact) mass is 159 g/mol. The highest BCUT2D eigenvalue weighted by atomic mass is 16.4. The third-order valence-corrected chi connectivity index (χ3v) is 2.07. The molecule has 0 unspecified atom stereocenters. The largest absolute Gasteiger partial charge is 0.411 e. The molecule has 0 rings (SSSR count). The normalized spacial score (nSPS) is 18.0. The van der Waals surface area contributed by atoms with Crippen molar-refractivity contribution in [2.24, 2.45) is 5.16 Å². The first-order chi connectivity index (χ1) is 5.10. The minimum absolute atomic E-state index is 0.404. The van der Waals surface area contributed by atoms with Gasteiger partial charge in [-0.25, -0.2) is 0 Å². The van der Waals surface area contributed by atoms with Crippen molar-refractivity contribution >= 4 is 5.71 Å². The third kappa shape index (κ3) is 2.50. The molecule has 0 aliphatic rings. The number of hydrogen-bond acceptors (Lipinski definition) is 3. The summed E-state index contributed by atoms with van der Waals surface area (Å²) in [7, 11) is 0. The molecule has 0 radical (unpaired) electrons. The zero-order valence-corrected chi connectivity index (χ0v) is 7.46. The predicted octanol–water partition coefficient (Wildman–Crippen LogP) is 1.78. The third-order valence-electron chi connectivity index (χ3n) is 2.07. The molecule has 11 heavy (non-hydrogen) atoms. The number of nitrogens with zero attached hydrogens (tertiary/aromatic N) is 1. The van der Waals surface area contributed by atoms with Crippen LogP contribution in [0.4, 0.5) is 0 Å². The van der Waals surface area contributed by atoms with E-state index in [9.17, 15) is 5.11 Å². The Morgan fingerprint density at radius 1 is 1.45 bits per heavy atom. The van der Waals surface area contributed by atoms with Crippen molar-refractivity contribution in [3.05, 3.63) is 0 Å². The molecule has 0 aromatic rings. The van der Waals surface area contributed by atoms with Gasteiger partial charge in [-0.2, -0.15) is 0 Å². The van der Waals surface area contributed by atoms with Crippen LogP contribution in [-0.2, 0) is 0 Å². The van der Waals surface area contributed by atoms with Crippen molar-refractivity contribution in [1.29, 1.82) is 0 Å². The average molecular weight is 159 g/mol. The average Bonchev–Trinajstić information content (AvgIpc) is 2.03. The molecule has 0 aromatic heterocycles. The van der Waals surface area contributed by atoms with E-state index >= 15 is 0 Å². The first kappa shape index (κ1) is 10.4. The minimum Gasteiger partial charge on any atom is -0.411 e. The van der Waals surface area contributed by atoms with Gasteiger partial charge in [-0.05, 0) is 19.8 Å². The smallest absolute Gasteiger partial charge is 0.105 e. The Morgan fingerprint density at radius 3 is 2.27 bits per heavy atom. The van der Waals surface area contributed by atoms with Crippen molar-refractivity contribution in [3.63, 3.8) is 0 Å². The Balaban J connectivity index is 4.32. The second kappa shape index (κ2) is 4.34. The summed E-state index contributed by atoms with van der Waals surface area (Å²) in [4.78, 5) is 0. The van der Waals surface area contributed by atoms with Crippen LogP contribution in [0, 0.1) is 0 Å². The van der Waals surface area contributed by atoms with Crippen LogP contribution in [0.15, 0.2) is 5.16 Å². The van der Waals surface area contributed by atoms with E-state index in [-0.39, 0.29) is 0 Å². The molecule has 0 heterocycles. The Hall–Kier alpha value is -0.570. The lowest BCUT2D eigenvalue weighted by Crippen LogP contribution is -2.35. The fraction of sp³-hybridized carbons (Fsp3) is 0.875. The standard InChI is InChI=1S/C8H17NO2/c1-4-6-8(10,5-2)7(3)9-11/h10-11H,4-6H2,1-3H3/b9-7-/t8-/m0/s1. The Kier molecular flexibility index (Phi) is 4.11. The van der Waals surface area contributed by atoms with Gasteiger partial charge >= 0.3 is 0 Å². The van der Waals surface area contributed by atoms with Crippen molar-refractivity contribution in [2.45, 2.75) is 45.6 Å². The number of hydrogen-bond donors (Lipinski definition) is 2. The summed E-state index contributed by atoms with van der Waals surface area (Å²) in [6.07, 6.45) is 2.13. The lowest BCUT2D eigenvalue weighted by molar-refractivity contribution is 0.0923. The summed E-state index contributed by atoms with van der Waals surface area (Å²) in [5, 5.41) is 21.3. The summed E-state index contributed by atoms with van der Waals surface area (Å²) >= 11 is 0. The molecule has 0 aromatic carbocycles. The fourth-order valence-corrected chi connectivity index (χ4v) is 1.12. The van der Waals surface area contributed by atoms with E-state index in [0.717, 1.165) is 6.42 Å². The fourth-order valence-electron chi connectivity index (χ4n) is 1.12. The predicted molar refractivity (Wildman–Crippen MR) is 45.0 cm³/mol. The molecule has 3 nitrogen and oxygen atoms in total. The van der Waals surface area contributed by atoms with Crippen LogP contribution in [-0.4, -0.2) is 21.6 Å². The number of oxime groups is 1. The van der Waals surface area contributed by atoms with Crippen LogP contribution < -0.4 is 0 Å². The van der Waals surface area contributed by atoms with Crippen molar-refractivity contribution in [3.8, 4) is 0 Å². The van der Waals surface area contributed by atoms with Crippen molar-refractivity contribution in [1.82, 2.24) is 0 Å². The topological polar surface area (TPSA) is 52.8 Å². The highest BCUT2D eigenvalue weighted by Crippen LogP contribution is 2.18. The molecule has 2 N–H and O–H groups in total. The van der Waals surface area contributed by atoms with Gasteiger partial charge in [0, 0.05) is 0 Å². The number of aliphatic hydroxyl groups is 1. The molecular formula is C8H17NO2. The molecular weight excluding hydrogens is 142 g/mol. The zero-order valence-electron chi connectivity index (χ0n) is 7.46. The maximum Gasteiger partial charge on any atom is 0.105 e. The van der Waals surface area contributed by atoms with Gasteiger partial charge in [0.15, 0.2) is 0 Å². The molecule has 0 saturated heterocycles. The van der Waals surface area contributed by atoms with Crippen LogP contribution >= 0.6 is 0 Å². The van der Waals surface area contributed by atoms with E-state index in [1.807, 2.05) is 13.8 Å². The minimum atomic E-state index is -0.899. The van der Waals surface area contributed by atoms with Gasteiger partial charge in [-0.1, -0.05) is 25.4 Å². The Bertz CT molecular complexity index is 145. The van der Waals surface area contributed by atoms with E-state index in [1.54, 1.807) is 6.92 Å². The summed E-state index contributed by atoms with van der Waals surface area (Å²) < 4.78 is 0. The molecule has 0 aliphatic carbocycles. The maximum atomic E-state index is 9.80. The number of rotatable bonds is 4. The maximum absolute atomic E-state index is 9.80. The van der Waals surface area contributed by atoms with Gasteiger partial charge in [0.05, 0.1) is 5.71 Å². The van der Waals surface area contributed by atoms with Crippen LogP contribution in [0.2, 0.25) is 0 Å². The lowest BCUT2D eigenvalue weighted by atomic mass is 9.90. The van der Waals surface area contributed by atoms with E-state index in [2.05, 4.69) is 5.16 Å². The molecule has 0 bridgehead atoms. The van der Waals surface area contributed by atoms with Gasteiger partial charge < -0.3 is 10.3 Å². The van der Waals surface area contributed by atoms with Crippen LogP contribution in [0.1, 0.15) is 40.0 Å². The SMILES string of the molecule is CCC[C@@](O)(CC)/C(C)=N\O. The summed E-state index contributed by atoms with van der Waals surface area (Å²) in [6, 6.07) is 0. The second-order valence-electron chi connectivity index (χ2n) is 2.82. The van der Waals surface area contributed by atoms with E-state index < -0.39 is 5.60 Å². The Morgan fingerprint density at radius 2 is 2.00 bits per heavy atom. The summed E-state index contributed by atoms with van der Waals surface area (Å²) in [5.74, 6) is 0. The first-order valence-electron chi connectivity index (χ1n) is 4.02. The van der Waals surface area contributed by atoms with Gasteiger partial charge in [0.1, 0.15) is 5.60 Å². The van der Waals surface area contributed by atoms with Gasteiger partial charge in [-0.15, -0.1) is 0 Å². The molecule has 66 valence electrons. The van der Waals surface area contributed by atoms with Crippen molar-refractivity contribution < 1.29 is 10.3 Å². The summed E-state index contributed by atoms with van der Waals surface area (Å²) in [5.41, 5.74) is -0.495. The van der Waals surface area contributed by atoms with Crippen LogP contribution in [0.25, 0.3) is 0 Å². The first-order valence-corrected chi connectivity index (χ1v) is 4.02. The lowest BCUT2D eigenvalue weighted by Gasteiger charge is -2.24. The molecule has 0 fully saturated rings. The highest BCUT2D eigenvalue weighted by molar-refractivity contribution is 5.89. The highest BCUT2D eigenvalue weighted by Gasteiger charge is 2.27. The van der Waals surface area contributed by atoms with Crippen LogP contribution in [0.5, 0.6) is 0 Å².